The highest BCUT2D eigenvalue weighted by atomic mass is 19.3. The highest BCUT2D eigenvalue weighted by Gasteiger charge is 2.15. The molecular weight excluding hydrogens is 338 g/mol. The van der Waals surface area contributed by atoms with Crippen LogP contribution in [0.3, 0.4) is 0 Å². The lowest BCUT2D eigenvalue weighted by Crippen LogP contribution is -2.42. The van der Waals surface area contributed by atoms with Crippen LogP contribution in [0, 0.1) is 5.92 Å². The molecule has 1 aliphatic rings. The van der Waals surface area contributed by atoms with E-state index in [0.29, 0.717) is 12.5 Å². The monoisotopic (exact) mass is 368 g/mol. The van der Waals surface area contributed by atoms with Crippen LogP contribution in [0.15, 0.2) is 29.3 Å². The first-order chi connectivity index (χ1) is 12.5. The fraction of sp³-hybridized carbons (Fsp3) is 0.632. The number of aliphatic imine (C=N–C) groups is 1. The molecule has 0 amide bonds. The molecule has 5 nitrogen and oxygen atoms in total. The molecule has 0 saturated carbocycles. The maximum Gasteiger partial charge on any atom is 0.387 e. The molecule has 1 aromatic carbocycles. The van der Waals surface area contributed by atoms with E-state index in [2.05, 4.69) is 26.9 Å². The summed E-state index contributed by atoms with van der Waals surface area (Å²) in [4.78, 5) is 8.87. The third-order valence-corrected chi connectivity index (χ3v) is 4.52. The lowest BCUT2D eigenvalue weighted by molar-refractivity contribution is -0.0498. The second-order valence-corrected chi connectivity index (χ2v) is 6.92. The Balaban J connectivity index is 1.79. The normalized spacial score (nSPS) is 16.8. The third kappa shape index (κ3) is 6.78. The molecule has 0 aliphatic carbocycles. The molecule has 1 aromatic rings. The first-order valence-corrected chi connectivity index (χ1v) is 9.16. The number of nitrogens with one attached hydrogen (secondary N) is 1. The molecule has 2 rings (SSSR count). The van der Waals surface area contributed by atoms with E-state index < -0.39 is 6.61 Å². The molecule has 26 heavy (non-hydrogen) atoms. The molecule has 1 heterocycles. The Morgan fingerprint density at radius 3 is 2.50 bits per heavy atom. The van der Waals surface area contributed by atoms with Crippen molar-refractivity contribution >= 4 is 5.96 Å². The van der Waals surface area contributed by atoms with Gasteiger partial charge < -0.3 is 19.9 Å². The second kappa shape index (κ2) is 10.3. The van der Waals surface area contributed by atoms with E-state index >= 15 is 0 Å². The van der Waals surface area contributed by atoms with Crippen LogP contribution < -0.4 is 10.1 Å². The predicted octanol–water partition coefficient (Wildman–Crippen LogP) is 3.03. The van der Waals surface area contributed by atoms with E-state index in [1.165, 1.54) is 25.9 Å². The molecule has 1 unspecified atom stereocenters. The lowest BCUT2D eigenvalue weighted by atomic mass is 10.1. The van der Waals surface area contributed by atoms with Gasteiger partial charge in [-0.3, -0.25) is 4.99 Å². The van der Waals surface area contributed by atoms with Gasteiger partial charge >= 0.3 is 6.61 Å². The highest BCUT2D eigenvalue weighted by molar-refractivity contribution is 5.79. The van der Waals surface area contributed by atoms with Crippen molar-refractivity contribution in [2.75, 3.05) is 40.3 Å². The van der Waals surface area contributed by atoms with Crippen LogP contribution in [0.25, 0.3) is 0 Å². The Kier molecular flexibility index (Phi) is 8.09. The number of benzene rings is 1. The van der Waals surface area contributed by atoms with Crippen molar-refractivity contribution in [3.8, 4) is 5.75 Å². The van der Waals surface area contributed by atoms with E-state index in [1.54, 1.807) is 31.3 Å². The third-order valence-electron chi connectivity index (χ3n) is 4.52. The summed E-state index contributed by atoms with van der Waals surface area (Å²) in [6, 6.07) is 6.70. The van der Waals surface area contributed by atoms with E-state index in [1.807, 2.05) is 11.9 Å². The van der Waals surface area contributed by atoms with Gasteiger partial charge in [-0.2, -0.15) is 8.78 Å². The fourth-order valence-corrected chi connectivity index (χ4v) is 3.25. The van der Waals surface area contributed by atoms with Gasteiger partial charge in [0.05, 0.1) is 0 Å². The van der Waals surface area contributed by atoms with E-state index in [0.717, 1.165) is 24.6 Å². The molecule has 1 saturated heterocycles. The van der Waals surface area contributed by atoms with Gasteiger partial charge in [0, 0.05) is 33.7 Å². The molecule has 1 fully saturated rings. The van der Waals surface area contributed by atoms with Gasteiger partial charge in [0.25, 0.3) is 0 Å². The van der Waals surface area contributed by atoms with Crippen molar-refractivity contribution in [3.05, 3.63) is 29.8 Å². The van der Waals surface area contributed by atoms with Crippen LogP contribution in [0.5, 0.6) is 5.75 Å². The number of hydrogen-bond donors (Lipinski definition) is 1. The van der Waals surface area contributed by atoms with Crippen LogP contribution in [0.1, 0.15) is 25.3 Å². The minimum absolute atomic E-state index is 0.171. The van der Waals surface area contributed by atoms with Crippen LogP contribution >= 0.6 is 0 Å². The number of halogens is 2. The van der Waals surface area contributed by atoms with Crippen molar-refractivity contribution in [1.29, 1.82) is 0 Å². The average molecular weight is 368 g/mol. The molecule has 1 N–H and O–H groups in total. The summed E-state index contributed by atoms with van der Waals surface area (Å²) in [6.07, 6.45) is 2.62. The number of ether oxygens (including phenoxy) is 1. The van der Waals surface area contributed by atoms with Crippen LogP contribution in [0.4, 0.5) is 8.78 Å². The Labute approximate surface area is 155 Å². The number of likely N-dealkylation sites (tertiary alicyclic amines) is 1. The second-order valence-electron chi connectivity index (χ2n) is 6.92. The molecule has 146 valence electrons. The summed E-state index contributed by atoms with van der Waals surface area (Å²) in [5.41, 5.74) is 1.00. The summed E-state index contributed by atoms with van der Waals surface area (Å²) in [7, 11) is 3.73. The van der Waals surface area contributed by atoms with Crippen molar-refractivity contribution in [1.82, 2.24) is 15.1 Å². The van der Waals surface area contributed by atoms with Crippen molar-refractivity contribution in [2.24, 2.45) is 10.9 Å². The van der Waals surface area contributed by atoms with Gasteiger partial charge in [-0.15, -0.1) is 0 Å². The van der Waals surface area contributed by atoms with Gasteiger partial charge in [0.2, 0.25) is 0 Å². The SMILES string of the molecule is CN=C(NCC(C)CN1CCCC1)N(C)Cc1ccc(OC(F)F)cc1. The topological polar surface area (TPSA) is 40.1 Å². The van der Waals surface area contributed by atoms with Crippen LogP contribution in [-0.2, 0) is 6.54 Å². The van der Waals surface area contributed by atoms with Crippen molar-refractivity contribution in [3.63, 3.8) is 0 Å². The van der Waals surface area contributed by atoms with E-state index in [-0.39, 0.29) is 5.75 Å². The highest BCUT2D eigenvalue weighted by Crippen LogP contribution is 2.16. The smallest absolute Gasteiger partial charge is 0.387 e. The summed E-state index contributed by atoms with van der Waals surface area (Å²) < 4.78 is 28.8. The van der Waals surface area contributed by atoms with Gasteiger partial charge in [0.1, 0.15) is 5.75 Å². The molecule has 0 aromatic heterocycles. The quantitative estimate of drug-likeness (QED) is 0.566. The van der Waals surface area contributed by atoms with E-state index in [4.69, 9.17) is 0 Å². The molecule has 0 radical (unpaired) electrons. The average Bonchev–Trinajstić information content (AvgIpc) is 3.09. The maximum absolute atomic E-state index is 12.2. The summed E-state index contributed by atoms with van der Waals surface area (Å²) in [6.45, 7) is 4.49. The van der Waals surface area contributed by atoms with Crippen molar-refractivity contribution < 1.29 is 13.5 Å². The number of nitrogens with zero attached hydrogens (tertiary/aromatic N) is 3. The zero-order valence-corrected chi connectivity index (χ0v) is 15.9. The molecule has 0 bridgehead atoms. The van der Waals surface area contributed by atoms with Gasteiger partial charge in [0.15, 0.2) is 5.96 Å². The Hall–Kier alpha value is -1.89. The van der Waals surface area contributed by atoms with Gasteiger partial charge in [-0.25, -0.2) is 0 Å². The zero-order chi connectivity index (χ0) is 18.9. The fourth-order valence-electron chi connectivity index (χ4n) is 3.25. The van der Waals surface area contributed by atoms with E-state index in [9.17, 15) is 8.78 Å². The zero-order valence-electron chi connectivity index (χ0n) is 15.9. The molecule has 0 spiro atoms. The Morgan fingerprint density at radius 2 is 1.92 bits per heavy atom. The molecule has 1 aliphatic heterocycles. The summed E-state index contributed by atoms with van der Waals surface area (Å²) in [5.74, 6) is 1.54. The number of hydrogen-bond acceptors (Lipinski definition) is 3. The summed E-state index contributed by atoms with van der Waals surface area (Å²) >= 11 is 0. The standard InChI is InChI=1S/C19H30F2N4O/c1-15(13-25-10-4-5-11-25)12-23-19(22-2)24(3)14-16-6-8-17(9-7-16)26-18(20)21/h6-9,15,18H,4-5,10-14H2,1-3H3,(H,22,23). The lowest BCUT2D eigenvalue weighted by Gasteiger charge is -2.25. The van der Waals surface area contributed by atoms with Gasteiger partial charge in [-0.1, -0.05) is 19.1 Å². The number of guanidine groups is 1. The Bertz CT molecular complexity index is 559. The largest absolute Gasteiger partial charge is 0.435 e. The Morgan fingerprint density at radius 1 is 1.27 bits per heavy atom. The maximum atomic E-state index is 12.2. The first kappa shape index (κ1) is 20.4. The number of rotatable bonds is 8. The predicted molar refractivity (Wildman–Crippen MR) is 101 cm³/mol. The molecule has 1 atom stereocenters. The minimum atomic E-state index is -2.80. The minimum Gasteiger partial charge on any atom is -0.435 e. The summed E-state index contributed by atoms with van der Waals surface area (Å²) in [5, 5.41) is 3.43. The van der Waals surface area contributed by atoms with Crippen LogP contribution in [-0.4, -0.2) is 62.6 Å². The van der Waals surface area contributed by atoms with Crippen LogP contribution in [0.2, 0.25) is 0 Å². The van der Waals surface area contributed by atoms with Gasteiger partial charge in [-0.05, 0) is 49.5 Å². The first-order valence-electron chi connectivity index (χ1n) is 9.16. The molecular formula is C19H30F2N4O. The molecule has 7 heteroatoms. The van der Waals surface area contributed by atoms with Crippen molar-refractivity contribution in [2.45, 2.75) is 32.9 Å². The number of alkyl halides is 2.